The smallest absolute Gasteiger partial charge is 0.0255 e. The summed E-state index contributed by atoms with van der Waals surface area (Å²) >= 11 is 1.30. The van der Waals surface area contributed by atoms with Gasteiger partial charge in [-0.05, 0) is 37.4 Å². The molecule has 0 bridgehead atoms. The number of rotatable bonds is 1. The summed E-state index contributed by atoms with van der Waals surface area (Å²) in [5.74, 6) is 0. The van der Waals surface area contributed by atoms with Crippen LogP contribution in [0.1, 0.15) is 11.1 Å². The van der Waals surface area contributed by atoms with Crippen molar-refractivity contribution in [1.82, 2.24) is 0 Å². The Morgan fingerprint density at radius 3 is 2.50 bits per heavy atom. The highest BCUT2D eigenvalue weighted by Gasteiger charge is 1.94. The van der Waals surface area contributed by atoms with Gasteiger partial charge in [-0.1, -0.05) is 17.7 Å². The molecule has 0 aliphatic carbocycles. The Morgan fingerprint density at radius 1 is 1.30 bits per heavy atom. The largest absolute Gasteiger partial charge is 0.274 e. The normalized spacial score (nSPS) is 9.90. The van der Waals surface area contributed by atoms with Crippen molar-refractivity contribution >= 4 is 11.9 Å². The number of hydrogen-bond donors (Lipinski definition) is 1. The number of nitrogens with two attached hydrogens (primary N) is 1. The van der Waals surface area contributed by atoms with E-state index in [2.05, 4.69) is 32.0 Å². The molecule has 0 atom stereocenters. The second-order valence-corrected chi connectivity index (χ2v) is 3.06. The van der Waals surface area contributed by atoms with Crippen molar-refractivity contribution in [3.05, 3.63) is 29.3 Å². The van der Waals surface area contributed by atoms with Crippen LogP contribution in [0.15, 0.2) is 23.1 Å². The Balaban J connectivity index is 3.07. The van der Waals surface area contributed by atoms with Crippen molar-refractivity contribution in [3.63, 3.8) is 0 Å². The predicted molar refractivity (Wildman–Crippen MR) is 46.0 cm³/mol. The summed E-state index contributed by atoms with van der Waals surface area (Å²) in [4.78, 5) is 1.16. The molecule has 0 aliphatic heterocycles. The molecule has 0 saturated carbocycles. The third kappa shape index (κ3) is 1.52. The summed E-state index contributed by atoms with van der Waals surface area (Å²) in [5, 5.41) is 5.42. The molecule has 1 aromatic rings. The molecule has 0 fully saturated rings. The van der Waals surface area contributed by atoms with Crippen LogP contribution in [-0.2, 0) is 0 Å². The van der Waals surface area contributed by atoms with E-state index < -0.39 is 0 Å². The van der Waals surface area contributed by atoms with Gasteiger partial charge < -0.3 is 0 Å². The Labute approximate surface area is 65.8 Å². The summed E-state index contributed by atoms with van der Waals surface area (Å²) in [6, 6.07) is 6.26. The van der Waals surface area contributed by atoms with Crippen molar-refractivity contribution in [3.8, 4) is 0 Å². The van der Waals surface area contributed by atoms with Gasteiger partial charge in [0.1, 0.15) is 0 Å². The van der Waals surface area contributed by atoms with Crippen LogP contribution >= 0.6 is 11.9 Å². The minimum Gasteiger partial charge on any atom is -0.274 e. The van der Waals surface area contributed by atoms with Crippen LogP contribution in [0.4, 0.5) is 0 Å². The van der Waals surface area contributed by atoms with Crippen LogP contribution < -0.4 is 5.14 Å². The number of hydrogen-bond acceptors (Lipinski definition) is 2. The Bertz CT molecular complexity index is 233. The second-order valence-electron chi connectivity index (χ2n) is 2.39. The molecule has 1 nitrogen and oxygen atoms in total. The maximum Gasteiger partial charge on any atom is 0.0255 e. The zero-order chi connectivity index (χ0) is 7.56. The van der Waals surface area contributed by atoms with Gasteiger partial charge in [-0.15, -0.1) is 0 Å². The lowest BCUT2D eigenvalue weighted by Crippen LogP contribution is -1.84. The molecule has 1 aromatic carbocycles. The second kappa shape index (κ2) is 3.08. The van der Waals surface area contributed by atoms with E-state index in [0.29, 0.717) is 0 Å². The van der Waals surface area contributed by atoms with Crippen molar-refractivity contribution in [2.45, 2.75) is 18.7 Å². The van der Waals surface area contributed by atoms with Gasteiger partial charge in [-0.25, -0.2) is 0 Å². The fraction of sp³-hybridized carbons (Fsp3) is 0.250. The van der Waals surface area contributed by atoms with E-state index in [1.54, 1.807) is 0 Å². The van der Waals surface area contributed by atoms with Crippen LogP contribution in [0.25, 0.3) is 0 Å². The van der Waals surface area contributed by atoms with Crippen LogP contribution in [0.3, 0.4) is 0 Å². The lowest BCUT2D eigenvalue weighted by atomic mass is 10.2. The Kier molecular flexibility index (Phi) is 2.35. The molecule has 0 aliphatic rings. The first-order chi connectivity index (χ1) is 4.74. The zero-order valence-electron chi connectivity index (χ0n) is 6.22. The molecule has 0 amide bonds. The molecule has 0 heterocycles. The standard InChI is InChI=1S/C8H11NS/c1-6-3-4-8(10-9)7(2)5-6/h3-5H,9H2,1-2H3. The fourth-order valence-corrected chi connectivity index (χ4v) is 1.32. The Hall–Kier alpha value is -0.470. The minimum atomic E-state index is 1.16. The third-order valence-electron chi connectivity index (χ3n) is 1.46. The van der Waals surface area contributed by atoms with Gasteiger partial charge in [0.05, 0.1) is 0 Å². The molecular formula is C8H11NS. The fourth-order valence-electron chi connectivity index (χ4n) is 0.932. The topological polar surface area (TPSA) is 26.0 Å². The van der Waals surface area contributed by atoms with Gasteiger partial charge >= 0.3 is 0 Å². The van der Waals surface area contributed by atoms with Crippen molar-refractivity contribution < 1.29 is 0 Å². The van der Waals surface area contributed by atoms with Gasteiger partial charge in [0.2, 0.25) is 0 Å². The molecule has 0 unspecified atom stereocenters. The van der Waals surface area contributed by atoms with E-state index in [4.69, 9.17) is 5.14 Å². The van der Waals surface area contributed by atoms with Gasteiger partial charge in [0.25, 0.3) is 0 Å². The van der Waals surface area contributed by atoms with E-state index in [-0.39, 0.29) is 0 Å². The molecule has 10 heavy (non-hydrogen) atoms. The first-order valence-electron chi connectivity index (χ1n) is 3.18. The zero-order valence-corrected chi connectivity index (χ0v) is 7.03. The molecule has 1 rings (SSSR count). The molecule has 2 N–H and O–H groups in total. The number of benzene rings is 1. The quantitative estimate of drug-likeness (QED) is 0.626. The molecule has 54 valence electrons. The summed E-state index contributed by atoms with van der Waals surface area (Å²) in [5.41, 5.74) is 2.54. The van der Waals surface area contributed by atoms with E-state index in [0.717, 1.165) is 4.90 Å². The van der Waals surface area contributed by atoms with E-state index in [1.165, 1.54) is 23.1 Å². The average Bonchev–Trinajstić information content (AvgIpc) is 1.88. The van der Waals surface area contributed by atoms with Gasteiger partial charge in [0.15, 0.2) is 0 Å². The minimum absolute atomic E-state index is 1.16. The molecular weight excluding hydrogens is 142 g/mol. The van der Waals surface area contributed by atoms with Crippen molar-refractivity contribution in [1.29, 1.82) is 0 Å². The molecule has 2 heteroatoms. The summed E-state index contributed by atoms with van der Waals surface area (Å²) in [6.45, 7) is 4.15. The van der Waals surface area contributed by atoms with Crippen LogP contribution in [0, 0.1) is 13.8 Å². The first-order valence-corrected chi connectivity index (χ1v) is 4.06. The Morgan fingerprint density at radius 2 is 2.00 bits per heavy atom. The third-order valence-corrected chi connectivity index (χ3v) is 2.17. The molecule has 0 radical (unpaired) electrons. The van der Waals surface area contributed by atoms with E-state index >= 15 is 0 Å². The van der Waals surface area contributed by atoms with Crippen molar-refractivity contribution in [2.24, 2.45) is 5.14 Å². The predicted octanol–water partition coefficient (Wildman–Crippen LogP) is 2.27. The van der Waals surface area contributed by atoms with Gasteiger partial charge in [-0.3, -0.25) is 5.14 Å². The maximum atomic E-state index is 5.42. The van der Waals surface area contributed by atoms with Crippen LogP contribution in [-0.4, -0.2) is 0 Å². The number of aryl methyl sites for hydroxylation is 2. The highest BCUT2D eigenvalue weighted by molar-refractivity contribution is 7.97. The van der Waals surface area contributed by atoms with Crippen molar-refractivity contribution in [2.75, 3.05) is 0 Å². The van der Waals surface area contributed by atoms with Gasteiger partial charge in [-0.2, -0.15) is 0 Å². The van der Waals surface area contributed by atoms with Gasteiger partial charge in [0, 0.05) is 4.90 Å². The summed E-state index contributed by atoms with van der Waals surface area (Å²) in [7, 11) is 0. The SMILES string of the molecule is Cc1ccc(SN)c(C)c1. The summed E-state index contributed by atoms with van der Waals surface area (Å²) in [6.07, 6.45) is 0. The highest BCUT2D eigenvalue weighted by atomic mass is 32.2. The first kappa shape index (κ1) is 7.63. The monoisotopic (exact) mass is 153 g/mol. The lowest BCUT2D eigenvalue weighted by Gasteiger charge is -2.01. The average molecular weight is 153 g/mol. The van der Waals surface area contributed by atoms with Crippen LogP contribution in [0.2, 0.25) is 0 Å². The van der Waals surface area contributed by atoms with E-state index in [9.17, 15) is 0 Å². The highest BCUT2D eigenvalue weighted by Crippen LogP contribution is 2.17. The molecule has 0 aromatic heterocycles. The maximum absolute atomic E-state index is 5.42. The lowest BCUT2D eigenvalue weighted by molar-refractivity contribution is 1.26. The molecule has 0 saturated heterocycles. The van der Waals surface area contributed by atoms with E-state index in [1.807, 2.05) is 0 Å². The molecule has 0 spiro atoms. The summed E-state index contributed by atoms with van der Waals surface area (Å²) < 4.78 is 0. The van der Waals surface area contributed by atoms with Crippen LogP contribution in [0.5, 0.6) is 0 Å².